The van der Waals surface area contributed by atoms with E-state index in [1.54, 1.807) is 0 Å². The number of fused-ring (bicyclic) bond motifs is 9. The third kappa shape index (κ3) is 6.25. The van der Waals surface area contributed by atoms with Crippen molar-refractivity contribution >= 4 is 65.4 Å². The summed E-state index contributed by atoms with van der Waals surface area (Å²) in [5, 5.41) is 7.10. The summed E-state index contributed by atoms with van der Waals surface area (Å²) in [6.45, 7) is 0. The summed E-state index contributed by atoms with van der Waals surface area (Å²) in [4.78, 5) is 11.0. The van der Waals surface area contributed by atoms with Gasteiger partial charge < -0.3 is 9.13 Å². The van der Waals surface area contributed by atoms with Crippen LogP contribution in [0, 0.1) is 0 Å². The SMILES string of the molecule is c1ccc(-c2ccc(-c3ccc(-c4cc(-c5ccccc5)nc(-n5c6ccccc6c6c(-n7c8ccccc8c8ccccc87)cc(-n7c8ccccc8c8ccccc87)cc65)n4)cc3)cc2)cc1. The van der Waals surface area contributed by atoms with Gasteiger partial charge in [0.25, 0.3) is 0 Å². The fraction of sp³-hybridized carbons (Fsp3) is 0. The van der Waals surface area contributed by atoms with Crippen molar-refractivity contribution in [3.63, 3.8) is 0 Å². The normalized spacial score (nSPS) is 11.8. The lowest BCUT2D eigenvalue weighted by Gasteiger charge is -2.16. The first kappa shape index (κ1) is 38.9. The molecule has 0 saturated heterocycles. The Balaban J connectivity index is 1.04. The first-order valence-electron chi connectivity index (χ1n) is 23.5. The first-order chi connectivity index (χ1) is 34.2. The van der Waals surface area contributed by atoms with Crippen LogP contribution in [0.2, 0.25) is 0 Å². The second kappa shape index (κ2) is 15.7. The average Bonchev–Trinajstić information content (AvgIpc) is 4.07. The van der Waals surface area contributed by atoms with Crippen molar-refractivity contribution in [2.75, 3.05) is 0 Å². The van der Waals surface area contributed by atoms with Crippen LogP contribution in [0.3, 0.4) is 0 Å². The van der Waals surface area contributed by atoms with Gasteiger partial charge in [-0.25, -0.2) is 9.97 Å². The summed E-state index contributed by atoms with van der Waals surface area (Å²) in [6, 6.07) is 89.2. The number of hydrogen-bond donors (Lipinski definition) is 0. The van der Waals surface area contributed by atoms with Gasteiger partial charge in [0.1, 0.15) is 0 Å². The second-order valence-electron chi connectivity index (χ2n) is 17.8. The predicted octanol–water partition coefficient (Wildman–Crippen LogP) is 16.4. The molecule has 0 saturated carbocycles. The van der Waals surface area contributed by atoms with Gasteiger partial charge >= 0.3 is 0 Å². The van der Waals surface area contributed by atoms with Crippen LogP contribution < -0.4 is 0 Å². The van der Waals surface area contributed by atoms with Crippen molar-refractivity contribution in [2.45, 2.75) is 0 Å². The Hall–Kier alpha value is -9.32. The van der Waals surface area contributed by atoms with E-state index in [0.717, 1.165) is 88.9 Å². The van der Waals surface area contributed by atoms with E-state index in [0.29, 0.717) is 5.95 Å². The number of nitrogens with zero attached hydrogens (tertiary/aromatic N) is 5. The lowest BCUT2D eigenvalue weighted by Crippen LogP contribution is -2.05. The van der Waals surface area contributed by atoms with Crippen molar-refractivity contribution in [3.8, 4) is 62.1 Å². The summed E-state index contributed by atoms with van der Waals surface area (Å²) in [5.74, 6) is 0.602. The molecule has 0 bridgehead atoms. The Morgan fingerprint density at radius 3 is 1.07 bits per heavy atom. The van der Waals surface area contributed by atoms with Gasteiger partial charge in [-0.15, -0.1) is 0 Å². The van der Waals surface area contributed by atoms with Gasteiger partial charge in [-0.05, 0) is 70.8 Å². The van der Waals surface area contributed by atoms with Crippen molar-refractivity contribution in [3.05, 3.63) is 249 Å². The third-order valence-corrected chi connectivity index (χ3v) is 13.9. The first-order valence-corrected chi connectivity index (χ1v) is 23.5. The molecular weight excluding hydrogens is 839 g/mol. The molecular formula is C64H41N5. The fourth-order valence-corrected chi connectivity index (χ4v) is 10.7. The zero-order valence-electron chi connectivity index (χ0n) is 37.4. The summed E-state index contributed by atoms with van der Waals surface area (Å²) in [5.41, 5.74) is 17.2. The maximum absolute atomic E-state index is 5.54. The van der Waals surface area contributed by atoms with Crippen LogP contribution in [0.1, 0.15) is 0 Å². The molecule has 322 valence electrons. The van der Waals surface area contributed by atoms with E-state index in [-0.39, 0.29) is 0 Å². The van der Waals surface area contributed by atoms with E-state index in [1.165, 1.54) is 32.7 Å². The summed E-state index contributed by atoms with van der Waals surface area (Å²) in [6.07, 6.45) is 0. The molecule has 69 heavy (non-hydrogen) atoms. The van der Waals surface area contributed by atoms with E-state index in [2.05, 4.69) is 262 Å². The molecule has 0 radical (unpaired) electrons. The molecule has 5 heteroatoms. The molecule has 0 aliphatic heterocycles. The van der Waals surface area contributed by atoms with E-state index in [9.17, 15) is 0 Å². The number of aromatic nitrogens is 5. The highest BCUT2D eigenvalue weighted by atomic mass is 15.2. The molecule has 0 fully saturated rings. The Labute approximate surface area is 398 Å². The third-order valence-electron chi connectivity index (χ3n) is 13.9. The van der Waals surface area contributed by atoms with Crippen LogP contribution in [0.5, 0.6) is 0 Å². The number of hydrogen-bond acceptors (Lipinski definition) is 2. The Morgan fingerprint density at radius 1 is 0.246 bits per heavy atom. The highest BCUT2D eigenvalue weighted by Gasteiger charge is 2.24. The average molecular weight is 880 g/mol. The standard InChI is InChI=1S/C64H41N5/c1-3-17-42(18-4-1)43-31-33-44(34-32-43)45-35-37-47(38-36-45)55-41-54(46-19-5-2-6-20-46)65-64(66-55)69-60-30-16-11-25-53(60)63-61(68-58-28-14-9-23-51(58)52-24-10-15-29-59(52)68)39-48(40-62(63)69)67-56-26-12-7-21-49(56)50-22-8-13-27-57(50)67/h1-41H. The molecule has 0 aliphatic rings. The molecule has 5 nitrogen and oxygen atoms in total. The van der Waals surface area contributed by atoms with Crippen molar-refractivity contribution < 1.29 is 0 Å². The van der Waals surface area contributed by atoms with Gasteiger partial charge in [-0.3, -0.25) is 4.57 Å². The van der Waals surface area contributed by atoms with E-state index >= 15 is 0 Å². The molecule has 10 aromatic carbocycles. The minimum absolute atomic E-state index is 0.602. The molecule has 0 unspecified atom stereocenters. The van der Waals surface area contributed by atoms with E-state index < -0.39 is 0 Å². The smallest absolute Gasteiger partial charge is 0.235 e. The van der Waals surface area contributed by atoms with E-state index in [4.69, 9.17) is 9.97 Å². The van der Waals surface area contributed by atoms with Gasteiger partial charge in [-0.2, -0.15) is 0 Å². The van der Waals surface area contributed by atoms with Crippen LogP contribution in [-0.2, 0) is 0 Å². The van der Waals surface area contributed by atoms with Crippen molar-refractivity contribution in [1.82, 2.24) is 23.7 Å². The van der Waals surface area contributed by atoms with Gasteiger partial charge in [-0.1, -0.05) is 200 Å². The molecule has 4 heterocycles. The zero-order chi connectivity index (χ0) is 45.4. The minimum Gasteiger partial charge on any atom is -0.309 e. The second-order valence-corrected chi connectivity index (χ2v) is 17.8. The topological polar surface area (TPSA) is 40.6 Å². The summed E-state index contributed by atoms with van der Waals surface area (Å²) in [7, 11) is 0. The zero-order valence-corrected chi connectivity index (χ0v) is 37.4. The van der Waals surface area contributed by atoms with Crippen LogP contribution >= 0.6 is 0 Å². The van der Waals surface area contributed by atoms with E-state index in [1.807, 2.05) is 0 Å². The monoisotopic (exact) mass is 879 g/mol. The van der Waals surface area contributed by atoms with Crippen molar-refractivity contribution in [2.24, 2.45) is 0 Å². The number of benzene rings is 10. The Morgan fingerprint density at radius 2 is 0.594 bits per heavy atom. The molecule has 0 atom stereocenters. The van der Waals surface area contributed by atoms with Crippen LogP contribution in [0.25, 0.3) is 128 Å². The molecule has 4 aromatic heterocycles. The lowest BCUT2D eigenvalue weighted by atomic mass is 9.99. The lowest BCUT2D eigenvalue weighted by molar-refractivity contribution is 0.994. The molecule has 0 amide bonds. The Kier molecular flexibility index (Phi) is 8.83. The minimum atomic E-state index is 0.602. The van der Waals surface area contributed by atoms with Gasteiger partial charge in [0.15, 0.2) is 0 Å². The van der Waals surface area contributed by atoms with Crippen molar-refractivity contribution in [1.29, 1.82) is 0 Å². The largest absolute Gasteiger partial charge is 0.309 e. The Bertz CT molecular complexity index is 4170. The van der Waals surface area contributed by atoms with Crippen LogP contribution in [0.15, 0.2) is 249 Å². The predicted molar refractivity (Wildman–Crippen MR) is 287 cm³/mol. The number of para-hydroxylation sites is 5. The summed E-state index contributed by atoms with van der Waals surface area (Å²) < 4.78 is 7.18. The fourth-order valence-electron chi connectivity index (χ4n) is 10.7. The van der Waals surface area contributed by atoms with Crippen LogP contribution in [0.4, 0.5) is 0 Å². The maximum Gasteiger partial charge on any atom is 0.235 e. The molecule has 14 aromatic rings. The molecule has 0 N–H and O–H groups in total. The highest BCUT2D eigenvalue weighted by molar-refractivity contribution is 6.17. The van der Waals surface area contributed by atoms with Gasteiger partial charge in [0.2, 0.25) is 5.95 Å². The highest BCUT2D eigenvalue weighted by Crippen LogP contribution is 2.43. The molecule has 0 spiro atoms. The maximum atomic E-state index is 5.54. The van der Waals surface area contributed by atoms with Gasteiger partial charge in [0.05, 0.1) is 55.9 Å². The molecule has 0 aliphatic carbocycles. The summed E-state index contributed by atoms with van der Waals surface area (Å²) >= 11 is 0. The number of rotatable bonds is 7. The quantitative estimate of drug-likeness (QED) is 0.160. The molecule has 14 rings (SSSR count). The van der Waals surface area contributed by atoms with Gasteiger partial charge in [0, 0.05) is 43.4 Å². The van der Waals surface area contributed by atoms with Crippen LogP contribution in [-0.4, -0.2) is 23.7 Å².